The van der Waals surface area contributed by atoms with Gasteiger partial charge in [-0.1, -0.05) is 18.2 Å². The molecule has 0 saturated carbocycles. The summed E-state index contributed by atoms with van der Waals surface area (Å²) in [4.78, 5) is 1.54. The molecule has 102 valence electrons. The predicted octanol–water partition coefficient (Wildman–Crippen LogP) is 2.14. The van der Waals surface area contributed by atoms with E-state index < -0.39 is 0 Å². The van der Waals surface area contributed by atoms with Gasteiger partial charge in [0, 0.05) is 0 Å². The van der Waals surface area contributed by atoms with Crippen LogP contribution >= 0.6 is 12.6 Å². The largest absolute Gasteiger partial charge is 0.226 e. The number of nitrogens with zero attached hydrogens (tertiary/aromatic N) is 6. The summed E-state index contributed by atoms with van der Waals surface area (Å²) in [6.45, 7) is 4.68. The van der Waals surface area contributed by atoms with Gasteiger partial charge in [-0.15, -0.1) is 22.8 Å². The summed E-state index contributed by atoms with van der Waals surface area (Å²) in [6, 6.07) is 8.01. The van der Waals surface area contributed by atoms with Crippen LogP contribution in [0.5, 0.6) is 0 Å². The zero-order chi connectivity index (χ0) is 14.1. The zero-order valence-corrected chi connectivity index (χ0v) is 12.1. The van der Waals surface area contributed by atoms with Crippen LogP contribution in [0, 0.1) is 6.92 Å². The molecule has 0 aliphatic carbocycles. The van der Waals surface area contributed by atoms with E-state index in [4.69, 9.17) is 0 Å². The third-order valence-electron chi connectivity index (χ3n) is 3.06. The molecule has 2 heterocycles. The van der Waals surface area contributed by atoms with Crippen molar-refractivity contribution in [1.29, 1.82) is 0 Å². The average Bonchev–Trinajstić information content (AvgIpc) is 3.06. The highest BCUT2D eigenvalue weighted by atomic mass is 32.1. The van der Waals surface area contributed by atoms with Gasteiger partial charge in [-0.05, 0) is 30.7 Å². The van der Waals surface area contributed by atoms with Crippen LogP contribution in [0.15, 0.2) is 35.5 Å². The molecule has 0 radical (unpaired) electrons. The SMILES string of the molecule is CCn1nnc(-c2cnn(-c3ccccc3C)c2S)n1. The fourth-order valence-corrected chi connectivity index (χ4v) is 2.28. The van der Waals surface area contributed by atoms with Gasteiger partial charge in [0.15, 0.2) is 0 Å². The van der Waals surface area contributed by atoms with Gasteiger partial charge in [-0.2, -0.15) is 9.90 Å². The molecular weight excluding hydrogens is 272 g/mol. The maximum Gasteiger partial charge on any atom is 0.209 e. The van der Waals surface area contributed by atoms with Crippen LogP contribution in [0.3, 0.4) is 0 Å². The van der Waals surface area contributed by atoms with E-state index in [0.29, 0.717) is 17.4 Å². The van der Waals surface area contributed by atoms with Crippen molar-refractivity contribution in [2.75, 3.05) is 0 Å². The summed E-state index contributed by atoms with van der Waals surface area (Å²) < 4.78 is 1.78. The number of benzene rings is 1. The lowest BCUT2D eigenvalue weighted by atomic mass is 10.2. The summed E-state index contributed by atoms with van der Waals surface area (Å²) in [5.74, 6) is 0.539. The number of hydrogen-bond donors (Lipinski definition) is 1. The van der Waals surface area contributed by atoms with E-state index in [1.54, 1.807) is 10.9 Å². The minimum atomic E-state index is 0.539. The van der Waals surface area contributed by atoms with Crippen molar-refractivity contribution in [3.05, 3.63) is 36.0 Å². The lowest BCUT2D eigenvalue weighted by molar-refractivity contribution is 0.552. The second-order valence-electron chi connectivity index (χ2n) is 4.38. The topological polar surface area (TPSA) is 61.4 Å². The number of aromatic nitrogens is 6. The molecule has 0 saturated heterocycles. The van der Waals surface area contributed by atoms with Crippen LogP contribution in [-0.2, 0) is 6.54 Å². The Morgan fingerprint density at radius 1 is 1.25 bits per heavy atom. The van der Waals surface area contributed by atoms with E-state index >= 15 is 0 Å². The number of tetrazole rings is 1. The molecule has 20 heavy (non-hydrogen) atoms. The van der Waals surface area contributed by atoms with Crippen LogP contribution in [0.4, 0.5) is 0 Å². The van der Waals surface area contributed by atoms with Crippen molar-refractivity contribution >= 4 is 12.6 Å². The molecule has 2 aromatic heterocycles. The van der Waals surface area contributed by atoms with Crippen molar-refractivity contribution in [2.24, 2.45) is 0 Å². The number of hydrogen-bond acceptors (Lipinski definition) is 5. The van der Waals surface area contributed by atoms with Gasteiger partial charge in [0.2, 0.25) is 5.82 Å². The van der Waals surface area contributed by atoms with E-state index in [2.05, 4.69) is 33.1 Å². The molecule has 0 N–H and O–H groups in total. The molecule has 0 unspecified atom stereocenters. The lowest BCUT2D eigenvalue weighted by Crippen LogP contribution is -1.99. The highest BCUT2D eigenvalue weighted by Gasteiger charge is 2.15. The smallest absolute Gasteiger partial charge is 0.209 e. The Labute approximate surface area is 121 Å². The van der Waals surface area contributed by atoms with Gasteiger partial charge in [0.05, 0.1) is 24.0 Å². The summed E-state index contributed by atoms with van der Waals surface area (Å²) in [5.41, 5.74) is 2.89. The first-order valence-corrected chi connectivity index (χ1v) is 6.76. The van der Waals surface area contributed by atoms with E-state index in [-0.39, 0.29) is 0 Å². The molecule has 0 aliphatic rings. The first kappa shape index (κ1) is 12.9. The standard InChI is InChI=1S/C13H14N6S/c1-3-18-16-12(15-17-18)10-8-14-19(13(10)20)11-7-5-4-6-9(11)2/h4-8,20H,3H2,1-2H3. The van der Waals surface area contributed by atoms with Crippen LogP contribution in [0.1, 0.15) is 12.5 Å². The highest BCUT2D eigenvalue weighted by Crippen LogP contribution is 2.26. The Bertz CT molecular complexity index is 745. The molecule has 6 nitrogen and oxygen atoms in total. The Hall–Kier alpha value is -2.15. The van der Waals surface area contributed by atoms with Gasteiger partial charge < -0.3 is 0 Å². The first-order valence-electron chi connectivity index (χ1n) is 6.32. The number of rotatable bonds is 3. The van der Waals surface area contributed by atoms with E-state index in [0.717, 1.165) is 16.8 Å². The third-order valence-corrected chi connectivity index (χ3v) is 3.49. The molecule has 1 aromatic carbocycles. The molecule has 0 fully saturated rings. The molecule has 0 amide bonds. The fraction of sp³-hybridized carbons (Fsp3) is 0.231. The third kappa shape index (κ3) is 2.09. The molecule has 3 rings (SSSR count). The van der Waals surface area contributed by atoms with Gasteiger partial charge in [-0.25, -0.2) is 4.68 Å². The average molecular weight is 286 g/mol. The lowest BCUT2D eigenvalue weighted by Gasteiger charge is -2.07. The quantitative estimate of drug-likeness (QED) is 0.749. The molecule has 3 aromatic rings. The fourth-order valence-electron chi connectivity index (χ4n) is 1.96. The maximum atomic E-state index is 4.55. The van der Waals surface area contributed by atoms with E-state index in [9.17, 15) is 0 Å². The van der Waals surface area contributed by atoms with Crippen molar-refractivity contribution in [3.8, 4) is 17.1 Å². The molecule has 0 atom stereocenters. The highest BCUT2D eigenvalue weighted by molar-refractivity contribution is 7.80. The summed E-state index contributed by atoms with van der Waals surface area (Å²) in [7, 11) is 0. The van der Waals surface area contributed by atoms with Crippen molar-refractivity contribution in [1.82, 2.24) is 30.0 Å². The Kier molecular flexibility index (Phi) is 3.27. The van der Waals surface area contributed by atoms with Gasteiger partial charge in [0.25, 0.3) is 0 Å². The van der Waals surface area contributed by atoms with Crippen molar-refractivity contribution < 1.29 is 0 Å². The minimum Gasteiger partial charge on any atom is -0.226 e. The number of para-hydroxylation sites is 1. The second-order valence-corrected chi connectivity index (χ2v) is 4.81. The molecule has 7 heteroatoms. The zero-order valence-electron chi connectivity index (χ0n) is 11.2. The van der Waals surface area contributed by atoms with Gasteiger partial charge in [0.1, 0.15) is 5.03 Å². The monoisotopic (exact) mass is 286 g/mol. The first-order chi connectivity index (χ1) is 9.70. The van der Waals surface area contributed by atoms with Crippen LogP contribution < -0.4 is 0 Å². The van der Waals surface area contributed by atoms with E-state index in [1.807, 2.05) is 38.1 Å². The van der Waals surface area contributed by atoms with Crippen LogP contribution in [0.25, 0.3) is 17.1 Å². The van der Waals surface area contributed by atoms with E-state index in [1.165, 1.54) is 4.80 Å². The summed E-state index contributed by atoms with van der Waals surface area (Å²) >= 11 is 4.55. The Balaban J connectivity index is 2.07. The minimum absolute atomic E-state index is 0.539. The molecule has 0 spiro atoms. The number of thiol groups is 1. The Morgan fingerprint density at radius 2 is 2.05 bits per heavy atom. The molecule has 0 aliphatic heterocycles. The van der Waals surface area contributed by atoms with Crippen molar-refractivity contribution in [2.45, 2.75) is 25.4 Å². The summed E-state index contributed by atoms with van der Waals surface area (Å²) in [6.07, 6.45) is 1.71. The van der Waals surface area contributed by atoms with Crippen LogP contribution in [-0.4, -0.2) is 30.0 Å². The maximum absolute atomic E-state index is 4.55. The second kappa shape index (κ2) is 5.09. The van der Waals surface area contributed by atoms with Gasteiger partial charge in [-0.3, -0.25) is 0 Å². The summed E-state index contributed by atoms with van der Waals surface area (Å²) in [5, 5.41) is 17.4. The number of aryl methyl sites for hydroxylation is 2. The van der Waals surface area contributed by atoms with Crippen molar-refractivity contribution in [3.63, 3.8) is 0 Å². The molecular formula is C13H14N6S. The predicted molar refractivity (Wildman–Crippen MR) is 78.0 cm³/mol. The van der Waals surface area contributed by atoms with Crippen LogP contribution in [0.2, 0.25) is 0 Å². The Morgan fingerprint density at radius 3 is 2.75 bits per heavy atom. The molecule has 0 bridgehead atoms. The normalized spacial score (nSPS) is 10.9. The van der Waals surface area contributed by atoms with Gasteiger partial charge >= 0.3 is 0 Å².